The molecule has 0 aliphatic rings. The summed E-state index contributed by atoms with van der Waals surface area (Å²) in [5.41, 5.74) is 7.18. The molecule has 0 spiro atoms. The average Bonchev–Trinajstić information content (AvgIpc) is 2.32. The normalized spacial score (nSPS) is 13.1. The average molecular weight is 240 g/mol. The second kappa shape index (κ2) is 6.69. The highest BCUT2D eigenvalue weighted by Gasteiger charge is 2.12. The van der Waals surface area contributed by atoms with Crippen molar-refractivity contribution in [3.63, 3.8) is 0 Å². The Morgan fingerprint density at radius 1 is 1.47 bits per heavy atom. The van der Waals surface area contributed by atoms with Gasteiger partial charge in [-0.1, -0.05) is 12.1 Å². The predicted octanol–water partition coefficient (Wildman–Crippen LogP) is 1.75. The van der Waals surface area contributed by atoms with Crippen molar-refractivity contribution in [1.29, 1.82) is 0 Å². The molecule has 0 fully saturated rings. The van der Waals surface area contributed by atoms with Crippen molar-refractivity contribution < 1.29 is 9.13 Å². The highest BCUT2D eigenvalue weighted by Crippen LogP contribution is 2.13. The van der Waals surface area contributed by atoms with Crippen molar-refractivity contribution in [2.75, 3.05) is 20.8 Å². The van der Waals surface area contributed by atoms with Crippen LogP contribution in [0.1, 0.15) is 18.1 Å². The maximum atomic E-state index is 13.6. The van der Waals surface area contributed by atoms with Gasteiger partial charge in [-0.15, -0.1) is 0 Å². The lowest BCUT2D eigenvalue weighted by molar-refractivity contribution is 0.111. The summed E-state index contributed by atoms with van der Waals surface area (Å²) < 4.78 is 18.7. The summed E-state index contributed by atoms with van der Waals surface area (Å²) in [6, 6.07) is 5.27. The van der Waals surface area contributed by atoms with Gasteiger partial charge in [0.2, 0.25) is 0 Å². The molecule has 0 bridgehead atoms. The van der Waals surface area contributed by atoms with Crippen LogP contribution in [-0.4, -0.2) is 31.7 Å². The van der Waals surface area contributed by atoms with Crippen LogP contribution in [0.2, 0.25) is 0 Å². The van der Waals surface area contributed by atoms with E-state index < -0.39 is 0 Å². The van der Waals surface area contributed by atoms with Crippen LogP contribution in [0.4, 0.5) is 4.39 Å². The lowest BCUT2D eigenvalue weighted by Crippen LogP contribution is -2.32. The fraction of sp³-hybridized carbons (Fsp3) is 0.538. The third-order valence-electron chi connectivity index (χ3n) is 2.93. The molecule has 1 atom stereocenters. The van der Waals surface area contributed by atoms with Crippen LogP contribution < -0.4 is 5.73 Å². The third kappa shape index (κ3) is 4.07. The zero-order chi connectivity index (χ0) is 12.8. The summed E-state index contributed by atoms with van der Waals surface area (Å²) in [5.74, 6) is -0.182. The van der Waals surface area contributed by atoms with Gasteiger partial charge >= 0.3 is 0 Å². The standard InChI is InChI=1S/C13H21FN2O/c1-10(9-17-3)16(2)8-12-6-11(7-15)4-5-13(12)14/h4-6,10H,7-9,15H2,1-3H3. The van der Waals surface area contributed by atoms with Crippen molar-refractivity contribution >= 4 is 0 Å². The molecule has 0 aliphatic heterocycles. The first-order valence-electron chi connectivity index (χ1n) is 5.75. The number of rotatable bonds is 6. The SMILES string of the molecule is COCC(C)N(C)Cc1cc(CN)ccc1F. The van der Waals surface area contributed by atoms with E-state index in [0.717, 1.165) is 5.56 Å². The fourth-order valence-electron chi connectivity index (χ4n) is 1.67. The van der Waals surface area contributed by atoms with Crippen LogP contribution in [0.15, 0.2) is 18.2 Å². The number of hydrogen-bond acceptors (Lipinski definition) is 3. The van der Waals surface area contributed by atoms with Crippen LogP contribution in [0.25, 0.3) is 0 Å². The Hall–Kier alpha value is -0.970. The number of benzene rings is 1. The molecule has 1 aromatic rings. The molecule has 0 saturated carbocycles. The van der Waals surface area contributed by atoms with Gasteiger partial charge < -0.3 is 10.5 Å². The van der Waals surface area contributed by atoms with Crippen molar-refractivity contribution in [3.05, 3.63) is 35.1 Å². The first kappa shape index (κ1) is 14.1. The molecule has 0 saturated heterocycles. The molecule has 0 aliphatic carbocycles. The van der Waals surface area contributed by atoms with Gasteiger partial charge in [0.15, 0.2) is 0 Å². The number of methoxy groups -OCH3 is 1. The van der Waals surface area contributed by atoms with Gasteiger partial charge in [0.25, 0.3) is 0 Å². The Morgan fingerprint density at radius 2 is 2.18 bits per heavy atom. The van der Waals surface area contributed by atoms with E-state index in [1.54, 1.807) is 13.2 Å². The Kier molecular flexibility index (Phi) is 5.55. The molecule has 2 N–H and O–H groups in total. The summed E-state index contributed by atoms with van der Waals surface area (Å²) in [4.78, 5) is 2.06. The van der Waals surface area contributed by atoms with E-state index in [4.69, 9.17) is 10.5 Å². The van der Waals surface area contributed by atoms with E-state index in [9.17, 15) is 4.39 Å². The zero-order valence-electron chi connectivity index (χ0n) is 10.7. The van der Waals surface area contributed by atoms with E-state index in [0.29, 0.717) is 25.3 Å². The summed E-state index contributed by atoms with van der Waals surface area (Å²) in [7, 11) is 3.62. The number of nitrogens with two attached hydrogens (primary N) is 1. The summed E-state index contributed by atoms with van der Waals surface area (Å²) in [6.45, 7) is 3.68. The first-order chi connectivity index (χ1) is 8.08. The summed E-state index contributed by atoms with van der Waals surface area (Å²) >= 11 is 0. The van der Waals surface area contributed by atoms with Gasteiger partial charge in [0.1, 0.15) is 5.82 Å². The Balaban J connectivity index is 2.73. The van der Waals surface area contributed by atoms with Crippen LogP contribution >= 0.6 is 0 Å². The van der Waals surface area contributed by atoms with Gasteiger partial charge in [-0.2, -0.15) is 0 Å². The van der Waals surface area contributed by atoms with Crippen LogP contribution in [0.3, 0.4) is 0 Å². The summed E-state index contributed by atoms with van der Waals surface area (Å²) in [5, 5.41) is 0. The number of halogens is 1. The topological polar surface area (TPSA) is 38.5 Å². The molecule has 17 heavy (non-hydrogen) atoms. The molecule has 4 heteroatoms. The monoisotopic (exact) mass is 240 g/mol. The molecule has 1 aromatic carbocycles. The fourth-order valence-corrected chi connectivity index (χ4v) is 1.67. The minimum absolute atomic E-state index is 0.182. The Labute approximate surface area is 102 Å². The lowest BCUT2D eigenvalue weighted by Gasteiger charge is -2.24. The molecule has 1 rings (SSSR count). The molecule has 0 aromatic heterocycles. The van der Waals surface area contributed by atoms with Gasteiger partial charge in [0.05, 0.1) is 6.61 Å². The number of ether oxygens (including phenoxy) is 1. The zero-order valence-corrected chi connectivity index (χ0v) is 10.7. The molecular formula is C13H21FN2O. The lowest BCUT2D eigenvalue weighted by atomic mass is 10.1. The second-order valence-corrected chi connectivity index (χ2v) is 4.35. The highest BCUT2D eigenvalue weighted by molar-refractivity contribution is 5.25. The molecule has 0 heterocycles. The van der Waals surface area contributed by atoms with Crippen molar-refractivity contribution in [3.8, 4) is 0 Å². The molecule has 96 valence electrons. The van der Waals surface area contributed by atoms with Gasteiger partial charge in [-0.05, 0) is 25.6 Å². The smallest absolute Gasteiger partial charge is 0.127 e. The van der Waals surface area contributed by atoms with Gasteiger partial charge in [-0.25, -0.2) is 4.39 Å². The number of hydrogen-bond donors (Lipinski definition) is 1. The van der Waals surface area contributed by atoms with Gasteiger partial charge in [0, 0.05) is 31.8 Å². The number of nitrogens with zero attached hydrogens (tertiary/aromatic N) is 1. The van der Waals surface area contributed by atoms with Gasteiger partial charge in [-0.3, -0.25) is 4.90 Å². The Bertz CT molecular complexity index is 357. The minimum Gasteiger partial charge on any atom is -0.383 e. The summed E-state index contributed by atoms with van der Waals surface area (Å²) in [6.07, 6.45) is 0. The second-order valence-electron chi connectivity index (χ2n) is 4.35. The van der Waals surface area contributed by atoms with E-state index in [-0.39, 0.29) is 11.9 Å². The minimum atomic E-state index is -0.182. The molecule has 0 amide bonds. The van der Waals surface area contributed by atoms with Crippen molar-refractivity contribution in [2.24, 2.45) is 5.73 Å². The molecule has 1 unspecified atom stereocenters. The largest absolute Gasteiger partial charge is 0.383 e. The van der Waals surface area contributed by atoms with Crippen LogP contribution in [0, 0.1) is 5.82 Å². The maximum Gasteiger partial charge on any atom is 0.127 e. The quantitative estimate of drug-likeness (QED) is 0.823. The van der Waals surface area contributed by atoms with E-state index in [2.05, 4.69) is 4.90 Å². The highest BCUT2D eigenvalue weighted by atomic mass is 19.1. The van der Waals surface area contributed by atoms with E-state index >= 15 is 0 Å². The molecule has 0 radical (unpaired) electrons. The predicted molar refractivity (Wildman–Crippen MR) is 67.1 cm³/mol. The molecular weight excluding hydrogens is 219 g/mol. The van der Waals surface area contributed by atoms with Crippen LogP contribution in [-0.2, 0) is 17.8 Å². The third-order valence-corrected chi connectivity index (χ3v) is 2.93. The van der Waals surface area contributed by atoms with Crippen molar-refractivity contribution in [2.45, 2.75) is 26.1 Å². The van der Waals surface area contributed by atoms with Crippen molar-refractivity contribution in [1.82, 2.24) is 4.90 Å². The Morgan fingerprint density at radius 3 is 2.76 bits per heavy atom. The van der Waals surface area contributed by atoms with E-state index in [1.807, 2.05) is 20.0 Å². The first-order valence-corrected chi connectivity index (χ1v) is 5.75. The number of likely N-dealkylation sites (N-methyl/N-ethyl adjacent to an activating group) is 1. The maximum absolute atomic E-state index is 13.6. The van der Waals surface area contributed by atoms with Crippen LogP contribution in [0.5, 0.6) is 0 Å². The van der Waals surface area contributed by atoms with E-state index in [1.165, 1.54) is 6.07 Å². The molecule has 3 nitrogen and oxygen atoms in total.